The molecule has 0 aliphatic carbocycles. The number of aromatic nitrogens is 2. The SMILES string of the molecule is OCC1CCCN(c2ncc3c(n2)CC2CCC3N2Cc2ccoc2)C1. The van der Waals surface area contributed by atoms with Crippen LogP contribution in [0, 0.1) is 5.92 Å². The van der Waals surface area contributed by atoms with Gasteiger partial charge in [-0.15, -0.1) is 0 Å². The fraction of sp³-hybridized carbons (Fsp3) is 0.600. The van der Waals surface area contributed by atoms with Gasteiger partial charge in [0, 0.05) is 62.1 Å². The Bertz CT molecular complexity index is 763. The summed E-state index contributed by atoms with van der Waals surface area (Å²) in [5.41, 5.74) is 3.78. The van der Waals surface area contributed by atoms with Crippen molar-refractivity contribution in [1.82, 2.24) is 14.9 Å². The van der Waals surface area contributed by atoms with E-state index in [0.29, 0.717) is 18.0 Å². The third kappa shape index (κ3) is 2.81. The molecule has 3 aliphatic heterocycles. The van der Waals surface area contributed by atoms with Gasteiger partial charge >= 0.3 is 0 Å². The highest BCUT2D eigenvalue weighted by Crippen LogP contribution is 2.44. The number of anilines is 1. The zero-order chi connectivity index (χ0) is 17.5. The number of piperidine rings is 1. The van der Waals surface area contributed by atoms with Crippen LogP contribution in [0.3, 0.4) is 0 Å². The smallest absolute Gasteiger partial charge is 0.225 e. The van der Waals surface area contributed by atoms with Crippen LogP contribution < -0.4 is 4.90 Å². The van der Waals surface area contributed by atoms with Crippen molar-refractivity contribution >= 4 is 5.95 Å². The number of hydrogen-bond donors (Lipinski definition) is 1. The van der Waals surface area contributed by atoms with Crippen LogP contribution in [0.4, 0.5) is 5.95 Å². The van der Waals surface area contributed by atoms with E-state index < -0.39 is 0 Å². The molecular weight excluding hydrogens is 328 g/mol. The number of hydrogen-bond acceptors (Lipinski definition) is 6. The van der Waals surface area contributed by atoms with Crippen molar-refractivity contribution in [1.29, 1.82) is 0 Å². The van der Waals surface area contributed by atoms with Crippen LogP contribution in [-0.4, -0.2) is 45.7 Å². The van der Waals surface area contributed by atoms with Crippen LogP contribution >= 0.6 is 0 Å². The molecule has 0 spiro atoms. The van der Waals surface area contributed by atoms with Crippen molar-refractivity contribution in [3.05, 3.63) is 41.6 Å². The molecule has 6 heteroatoms. The molecule has 3 atom stereocenters. The van der Waals surface area contributed by atoms with Crippen LogP contribution in [0.25, 0.3) is 0 Å². The lowest BCUT2D eigenvalue weighted by Gasteiger charge is -2.36. The summed E-state index contributed by atoms with van der Waals surface area (Å²) in [6, 6.07) is 3.05. The molecule has 26 heavy (non-hydrogen) atoms. The highest BCUT2D eigenvalue weighted by atomic mass is 16.3. The standard InChI is InChI=1S/C20H26N4O2/c25-12-14-2-1-6-23(10-14)20-21-9-17-18(22-20)8-16-3-4-19(17)24(16)11-15-5-7-26-13-15/h5,7,9,13-14,16,19,25H,1-4,6,8,10-12H2. The quantitative estimate of drug-likeness (QED) is 0.910. The van der Waals surface area contributed by atoms with Crippen molar-refractivity contribution in [3.8, 4) is 0 Å². The maximum atomic E-state index is 9.48. The zero-order valence-corrected chi connectivity index (χ0v) is 15.0. The van der Waals surface area contributed by atoms with Crippen LogP contribution in [0.15, 0.2) is 29.2 Å². The summed E-state index contributed by atoms with van der Waals surface area (Å²) in [6.45, 7) is 3.06. The first-order valence-corrected chi connectivity index (χ1v) is 9.80. The van der Waals surface area contributed by atoms with Gasteiger partial charge in [-0.05, 0) is 37.7 Å². The van der Waals surface area contributed by atoms with Gasteiger partial charge in [0.1, 0.15) is 0 Å². The fourth-order valence-corrected chi connectivity index (χ4v) is 4.95. The molecule has 0 amide bonds. The predicted molar refractivity (Wildman–Crippen MR) is 97.8 cm³/mol. The van der Waals surface area contributed by atoms with Crippen molar-refractivity contribution in [3.63, 3.8) is 0 Å². The average Bonchev–Trinajstić information content (AvgIpc) is 3.29. The summed E-state index contributed by atoms with van der Waals surface area (Å²) in [4.78, 5) is 14.5. The maximum absolute atomic E-state index is 9.48. The Hall–Kier alpha value is -1.92. The highest BCUT2D eigenvalue weighted by molar-refractivity contribution is 5.37. The first kappa shape index (κ1) is 16.3. The summed E-state index contributed by atoms with van der Waals surface area (Å²) in [7, 11) is 0. The summed E-state index contributed by atoms with van der Waals surface area (Å²) < 4.78 is 5.24. The second kappa shape index (κ2) is 6.67. The van der Waals surface area contributed by atoms with Gasteiger partial charge in [0.05, 0.1) is 18.2 Å². The second-order valence-corrected chi connectivity index (χ2v) is 7.96. The first-order chi connectivity index (χ1) is 12.8. The lowest BCUT2D eigenvalue weighted by atomic mass is 9.98. The Morgan fingerprint density at radius 1 is 1.27 bits per heavy atom. The van der Waals surface area contributed by atoms with Crippen LogP contribution in [0.1, 0.15) is 48.5 Å². The molecule has 0 aromatic carbocycles. The van der Waals surface area contributed by atoms with E-state index in [0.717, 1.165) is 44.8 Å². The largest absolute Gasteiger partial charge is 0.472 e. The molecule has 1 N–H and O–H groups in total. The minimum Gasteiger partial charge on any atom is -0.472 e. The van der Waals surface area contributed by atoms with Gasteiger partial charge < -0.3 is 14.4 Å². The molecule has 2 bridgehead atoms. The van der Waals surface area contributed by atoms with E-state index in [2.05, 4.69) is 22.1 Å². The minimum atomic E-state index is 0.258. The minimum absolute atomic E-state index is 0.258. The monoisotopic (exact) mass is 354 g/mol. The van der Waals surface area contributed by atoms with Crippen LogP contribution in [0.2, 0.25) is 0 Å². The average molecular weight is 354 g/mol. The second-order valence-electron chi connectivity index (χ2n) is 7.96. The molecule has 2 aromatic rings. The first-order valence-electron chi connectivity index (χ1n) is 9.80. The van der Waals surface area contributed by atoms with Crippen molar-refractivity contribution in [2.24, 2.45) is 5.92 Å². The number of rotatable bonds is 4. The number of aliphatic hydroxyl groups is 1. The normalized spacial score (nSPS) is 28.3. The number of fused-ring (bicyclic) bond motifs is 4. The Labute approximate surface area is 153 Å². The fourth-order valence-electron chi connectivity index (χ4n) is 4.95. The molecule has 5 heterocycles. The van der Waals surface area contributed by atoms with E-state index in [-0.39, 0.29) is 6.61 Å². The van der Waals surface area contributed by atoms with E-state index >= 15 is 0 Å². The summed E-state index contributed by atoms with van der Waals surface area (Å²) in [5.74, 6) is 1.20. The van der Waals surface area contributed by atoms with Gasteiger partial charge in [0.15, 0.2) is 0 Å². The molecule has 2 aromatic heterocycles. The van der Waals surface area contributed by atoms with Gasteiger partial charge in [-0.2, -0.15) is 0 Å². The van der Waals surface area contributed by atoms with Crippen LogP contribution in [0.5, 0.6) is 0 Å². The third-order valence-electron chi connectivity index (χ3n) is 6.32. The maximum Gasteiger partial charge on any atom is 0.225 e. The van der Waals surface area contributed by atoms with E-state index in [1.807, 2.05) is 6.26 Å². The van der Waals surface area contributed by atoms with Gasteiger partial charge in [-0.25, -0.2) is 9.97 Å². The number of nitrogens with zero attached hydrogens (tertiary/aromatic N) is 4. The molecule has 0 radical (unpaired) electrons. The zero-order valence-electron chi connectivity index (χ0n) is 15.0. The molecule has 2 fully saturated rings. The molecule has 0 saturated carbocycles. The highest BCUT2D eigenvalue weighted by Gasteiger charge is 2.41. The van der Waals surface area contributed by atoms with E-state index in [9.17, 15) is 5.11 Å². The van der Waals surface area contributed by atoms with E-state index in [1.54, 1.807) is 6.26 Å². The van der Waals surface area contributed by atoms with E-state index in [4.69, 9.17) is 14.4 Å². The summed E-state index contributed by atoms with van der Waals surface area (Å²) in [6.07, 6.45) is 11.3. The van der Waals surface area contributed by atoms with E-state index in [1.165, 1.54) is 29.7 Å². The summed E-state index contributed by atoms with van der Waals surface area (Å²) >= 11 is 0. The molecule has 138 valence electrons. The van der Waals surface area contributed by atoms with Gasteiger partial charge in [0.25, 0.3) is 0 Å². The Morgan fingerprint density at radius 2 is 2.23 bits per heavy atom. The Morgan fingerprint density at radius 3 is 3.08 bits per heavy atom. The molecule has 3 aliphatic rings. The number of furan rings is 1. The van der Waals surface area contributed by atoms with Crippen molar-refractivity contribution in [2.75, 3.05) is 24.6 Å². The third-order valence-corrected chi connectivity index (χ3v) is 6.32. The van der Waals surface area contributed by atoms with Gasteiger partial charge in [-0.1, -0.05) is 0 Å². The van der Waals surface area contributed by atoms with Gasteiger partial charge in [-0.3, -0.25) is 4.90 Å². The van der Waals surface area contributed by atoms with Gasteiger partial charge in [0.2, 0.25) is 5.95 Å². The number of aliphatic hydroxyl groups excluding tert-OH is 1. The van der Waals surface area contributed by atoms with Crippen molar-refractivity contribution < 1.29 is 9.52 Å². The summed E-state index contributed by atoms with van der Waals surface area (Å²) in [5, 5.41) is 9.48. The van der Waals surface area contributed by atoms with Crippen molar-refractivity contribution in [2.45, 2.75) is 50.7 Å². The molecule has 5 rings (SSSR count). The molecule has 3 unspecified atom stereocenters. The molecule has 2 saturated heterocycles. The lowest BCUT2D eigenvalue weighted by Crippen LogP contribution is -2.40. The predicted octanol–water partition coefficient (Wildman–Crippen LogP) is 2.54. The molecule has 6 nitrogen and oxygen atoms in total. The Kier molecular flexibility index (Phi) is 4.17. The van der Waals surface area contributed by atoms with Crippen LogP contribution in [-0.2, 0) is 13.0 Å². The Balaban J connectivity index is 1.38. The molecular formula is C20H26N4O2. The topological polar surface area (TPSA) is 65.6 Å². The lowest BCUT2D eigenvalue weighted by molar-refractivity contribution is 0.165.